The molecule has 1 aromatic rings. The van der Waals surface area contributed by atoms with E-state index in [0.717, 1.165) is 5.33 Å². The normalized spacial score (nSPS) is 10.6. The van der Waals surface area contributed by atoms with Crippen molar-refractivity contribution in [3.63, 3.8) is 0 Å². The van der Waals surface area contributed by atoms with Crippen molar-refractivity contribution in [2.24, 2.45) is 0 Å². The molecule has 0 unspecified atom stereocenters. The third kappa shape index (κ3) is 5.24. The van der Waals surface area contributed by atoms with E-state index in [9.17, 15) is 13.0 Å². The zero-order valence-electron chi connectivity index (χ0n) is 10.1. The molecule has 0 aliphatic carbocycles. The van der Waals surface area contributed by atoms with Gasteiger partial charge in [-0.1, -0.05) is 40.3 Å². The van der Waals surface area contributed by atoms with Crippen molar-refractivity contribution in [1.29, 1.82) is 0 Å². The average Bonchev–Trinajstić information content (AvgIpc) is 2.25. The van der Waals surface area contributed by atoms with Crippen LogP contribution in [-0.4, -0.2) is 29.8 Å². The van der Waals surface area contributed by atoms with Crippen LogP contribution in [0, 0.1) is 6.92 Å². The molecule has 0 saturated carbocycles. The van der Waals surface area contributed by atoms with Crippen molar-refractivity contribution in [2.45, 2.75) is 11.8 Å². The maximum atomic E-state index is 11.0. The van der Waals surface area contributed by atoms with E-state index in [2.05, 4.69) is 21.2 Å². The van der Waals surface area contributed by atoms with Crippen molar-refractivity contribution in [2.75, 3.05) is 11.9 Å². The van der Waals surface area contributed by atoms with Gasteiger partial charge in [-0.2, -0.15) is 0 Å². The number of rotatable bonds is 4. The van der Waals surface area contributed by atoms with Crippen LogP contribution in [0.1, 0.15) is 11.1 Å². The zero-order chi connectivity index (χ0) is 13.1. The first-order valence-electron chi connectivity index (χ1n) is 4.77. The molecule has 1 aromatic carbocycles. The topological polar surface area (TPSA) is 69.2 Å². The SMILES string of the molecule is Cc1ccc(C(=S)NCCBr)cc1S(=O)(=O)[O-].[Na+]. The fraction of sp³-hybridized carbons (Fsp3) is 0.300. The van der Waals surface area contributed by atoms with E-state index in [4.69, 9.17) is 12.2 Å². The van der Waals surface area contributed by atoms with Gasteiger partial charge in [0.25, 0.3) is 0 Å². The fourth-order valence-electron chi connectivity index (χ4n) is 1.27. The van der Waals surface area contributed by atoms with E-state index in [0.29, 0.717) is 22.7 Å². The van der Waals surface area contributed by atoms with Crippen molar-refractivity contribution >= 4 is 43.3 Å². The first-order valence-corrected chi connectivity index (χ1v) is 7.71. The van der Waals surface area contributed by atoms with Crippen LogP contribution in [-0.2, 0) is 10.1 Å². The minimum atomic E-state index is -4.46. The van der Waals surface area contributed by atoms with Gasteiger partial charge in [0.15, 0.2) is 0 Å². The van der Waals surface area contributed by atoms with Crippen LogP contribution in [0.15, 0.2) is 23.1 Å². The van der Waals surface area contributed by atoms with Gasteiger partial charge in [-0.25, -0.2) is 8.42 Å². The molecule has 1 N–H and O–H groups in total. The van der Waals surface area contributed by atoms with Crippen molar-refractivity contribution in [3.8, 4) is 0 Å². The van der Waals surface area contributed by atoms with Crippen molar-refractivity contribution in [3.05, 3.63) is 29.3 Å². The summed E-state index contributed by atoms with van der Waals surface area (Å²) in [6, 6.07) is 4.57. The summed E-state index contributed by atoms with van der Waals surface area (Å²) >= 11 is 8.32. The number of alkyl halides is 1. The maximum Gasteiger partial charge on any atom is 1.00 e. The zero-order valence-corrected chi connectivity index (χ0v) is 15.3. The Labute approximate surface area is 143 Å². The minimum absolute atomic E-state index is 0. The summed E-state index contributed by atoms with van der Waals surface area (Å²) in [7, 11) is -4.46. The smallest absolute Gasteiger partial charge is 0.744 e. The Bertz CT molecular complexity index is 534. The van der Waals surface area contributed by atoms with E-state index >= 15 is 0 Å². The quantitative estimate of drug-likeness (QED) is 0.308. The third-order valence-electron chi connectivity index (χ3n) is 2.10. The molecule has 0 saturated heterocycles. The van der Waals surface area contributed by atoms with Crippen LogP contribution in [0.4, 0.5) is 0 Å². The summed E-state index contributed by atoms with van der Waals surface area (Å²) in [4.78, 5) is 0.201. The summed E-state index contributed by atoms with van der Waals surface area (Å²) in [6.45, 7) is 2.20. The molecular weight excluding hydrogens is 349 g/mol. The monoisotopic (exact) mass is 359 g/mol. The molecule has 0 radical (unpaired) electrons. The second-order valence-electron chi connectivity index (χ2n) is 3.38. The van der Waals surface area contributed by atoms with Crippen LogP contribution in [0.5, 0.6) is 0 Å². The number of halogens is 1. The van der Waals surface area contributed by atoms with Crippen LogP contribution in [0.25, 0.3) is 0 Å². The van der Waals surface area contributed by atoms with Crippen LogP contribution in [0.3, 0.4) is 0 Å². The molecule has 0 aliphatic heterocycles. The summed E-state index contributed by atoms with van der Waals surface area (Å²) in [5, 5.41) is 3.66. The second kappa shape index (κ2) is 7.94. The molecule has 0 heterocycles. The van der Waals surface area contributed by atoms with E-state index in [-0.39, 0.29) is 34.5 Å². The Morgan fingerprint density at radius 3 is 2.61 bits per heavy atom. The number of benzene rings is 1. The molecule has 4 nitrogen and oxygen atoms in total. The molecular formula is C10H11BrNNaO3S2. The van der Waals surface area contributed by atoms with Gasteiger partial charge in [0.05, 0.1) is 4.90 Å². The van der Waals surface area contributed by atoms with Gasteiger partial charge in [-0.05, 0) is 18.6 Å². The second-order valence-corrected chi connectivity index (χ2v) is 5.93. The summed E-state index contributed by atoms with van der Waals surface area (Å²) in [6.07, 6.45) is 0. The Kier molecular flexibility index (Phi) is 8.16. The summed E-state index contributed by atoms with van der Waals surface area (Å²) in [5.41, 5.74) is 0.952. The van der Waals surface area contributed by atoms with Gasteiger partial charge < -0.3 is 9.87 Å². The number of aryl methyl sites for hydroxylation is 1. The predicted molar refractivity (Wildman–Crippen MR) is 72.6 cm³/mol. The Hall–Kier alpha value is 0.500. The molecule has 94 valence electrons. The molecule has 0 spiro atoms. The van der Waals surface area contributed by atoms with Gasteiger partial charge in [-0.3, -0.25) is 0 Å². The summed E-state index contributed by atoms with van der Waals surface area (Å²) < 4.78 is 33.0. The fourth-order valence-corrected chi connectivity index (χ4v) is 2.43. The van der Waals surface area contributed by atoms with Gasteiger partial charge in [0.2, 0.25) is 0 Å². The molecule has 0 atom stereocenters. The molecule has 0 aliphatic rings. The number of nitrogens with one attached hydrogen (secondary N) is 1. The number of hydrogen-bond acceptors (Lipinski definition) is 4. The maximum absolute atomic E-state index is 11.0. The van der Waals surface area contributed by atoms with Crippen LogP contribution < -0.4 is 34.9 Å². The van der Waals surface area contributed by atoms with Crippen molar-refractivity contribution in [1.82, 2.24) is 5.32 Å². The van der Waals surface area contributed by atoms with Gasteiger partial charge in [0.1, 0.15) is 15.1 Å². The van der Waals surface area contributed by atoms with E-state index in [1.165, 1.54) is 6.07 Å². The Morgan fingerprint density at radius 2 is 2.11 bits per heavy atom. The Balaban J connectivity index is 0.00000289. The van der Waals surface area contributed by atoms with Gasteiger partial charge in [-0.15, -0.1) is 0 Å². The molecule has 1 rings (SSSR count). The molecule has 0 amide bonds. The van der Waals surface area contributed by atoms with E-state index in [1.54, 1.807) is 19.1 Å². The predicted octanol–water partition coefficient (Wildman–Crippen LogP) is -1.44. The molecule has 18 heavy (non-hydrogen) atoms. The van der Waals surface area contributed by atoms with E-state index < -0.39 is 10.1 Å². The average molecular weight is 360 g/mol. The molecule has 0 fully saturated rings. The van der Waals surface area contributed by atoms with Crippen molar-refractivity contribution < 1.29 is 42.5 Å². The van der Waals surface area contributed by atoms with E-state index in [1.807, 2.05) is 0 Å². The molecule has 0 bridgehead atoms. The van der Waals surface area contributed by atoms with Gasteiger partial charge in [0, 0.05) is 17.4 Å². The van der Waals surface area contributed by atoms with Crippen LogP contribution >= 0.6 is 28.1 Å². The molecule has 8 heteroatoms. The summed E-state index contributed by atoms with van der Waals surface area (Å²) in [5.74, 6) is 0. The third-order valence-corrected chi connectivity index (χ3v) is 3.85. The Morgan fingerprint density at radius 1 is 1.50 bits per heavy atom. The largest absolute Gasteiger partial charge is 1.00 e. The first kappa shape index (κ1) is 18.5. The van der Waals surface area contributed by atoms with Gasteiger partial charge >= 0.3 is 29.6 Å². The number of hydrogen-bond donors (Lipinski definition) is 1. The van der Waals surface area contributed by atoms with Crippen LogP contribution in [0.2, 0.25) is 0 Å². The molecule has 0 aromatic heterocycles. The standard InChI is InChI=1S/C10H12BrNO3S2.Na/c1-7-2-3-8(10(16)12-5-4-11)6-9(7)17(13,14)15;/h2-3,6H,4-5H2,1H3,(H,12,16)(H,13,14,15);/q;+1/p-1. The first-order chi connectivity index (χ1) is 7.86. The minimum Gasteiger partial charge on any atom is -0.744 e. The number of thiocarbonyl (C=S) groups is 1.